The Morgan fingerprint density at radius 2 is 1.96 bits per heavy atom. The van der Waals surface area contributed by atoms with Gasteiger partial charge in [-0.1, -0.05) is 0 Å². The van der Waals surface area contributed by atoms with Crippen molar-refractivity contribution in [3.63, 3.8) is 0 Å². The fraction of sp³-hybridized carbons (Fsp3) is 0.500. The minimum Gasteiger partial charge on any atom is -0.339 e. The molecule has 2 fully saturated rings. The first-order chi connectivity index (χ1) is 13.3. The average Bonchev–Trinajstić information content (AvgIpc) is 3.04. The molecule has 1 amide bonds. The van der Waals surface area contributed by atoms with Crippen LogP contribution in [0.2, 0.25) is 0 Å². The molecule has 1 aromatic heterocycles. The molecule has 1 aromatic carbocycles. The Labute approximate surface area is 161 Å². The number of hydrogen-bond donors (Lipinski definition) is 0. The minimum absolute atomic E-state index is 0.0319. The highest BCUT2D eigenvalue weighted by atomic mass is 32.2. The van der Waals surface area contributed by atoms with Gasteiger partial charge in [0.2, 0.25) is 5.91 Å². The maximum absolute atomic E-state index is 13.4. The van der Waals surface area contributed by atoms with Crippen LogP contribution in [0.5, 0.6) is 0 Å². The summed E-state index contributed by atoms with van der Waals surface area (Å²) in [5.74, 6) is -0.316. The summed E-state index contributed by atoms with van der Waals surface area (Å²) in [5, 5.41) is 0.141. The average molecular weight is 408 g/mol. The Balaban J connectivity index is 1.41. The smallest absolute Gasteiger partial charge is 0.261 e. The molecule has 2 aliphatic rings. The number of rotatable bonds is 3. The van der Waals surface area contributed by atoms with Gasteiger partial charge in [0.15, 0.2) is 9.84 Å². The predicted molar refractivity (Wildman–Crippen MR) is 101 cm³/mol. The zero-order chi connectivity index (χ0) is 19.9. The van der Waals surface area contributed by atoms with E-state index >= 15 is 0 Å². The molecule has 0 saturated carbocycles. The maximum atomic E-state index is 13.4. The summed E-state index contributed by atoms with van der Waals surface area (Å²) in [6.45, 7) is 2.04. The Hall–Kier alpha value is -2.33. The molecular formula is C18H21FN4O4S. The number of benzene rings is 1. The van der Waals surface area contributed by atoms with Crippen LogP contribution in [-0.4, -0.2) is 77.4 Å². The Kier molecular flexibility index (Phi) is 4.92. The van der Waals surface area contributed by atoms with Gasteiger partial charge in [-0.05, 0) is 24.6 Å². The third kappa shape index (κ3) is 3.79. The highest BCUT2D eigenvalue weighted by Gasteiger charge is 2.34. The zero-order valence-electron chi connectivity index (χ0n) is 15.3. The van der Waals surface area contributed by atoms with Crippen LogP contribution >= 0.6 is 0 Å². The normalized spacial score (nSPS) is 22.6. The highest BCUT2D eigenvalue weighted by Crippen LogP contribution is 2.19. The Morgan fingerprint density at radius 3 is 2.64 bits per heavy atom. The number of fused-ring (bicyclic) bond motifs is 1. The molecule has 0 spiro atoms. The van der Waals surface area contributed by atoms with Crippen LogP contribution < -0.4 is 5.56 Å². The summed E-state index contributed by atoms with van der Waals surface area (Å²) in [5.41, 5.74) is -0.0668. The van der Waals surface area contributed by atoms with Gasteiger partial charge in [-0.2, -0.15) is 0 Å². The van der Waals surface area contributed by atoms with Gasteiger partial charge in [0.1, 0.15) is 12.4 Å². The summed E-state index contributed by atoms with van der Waals surface area (Å²) in [6.07, 6.45) is 1.95. The molecule has 10 heteroatoms. The molecule has 1 atom stereocenters. The van der Waals surface area contributed by atoms with Gasteiger partial charge in [0.05, 0.1) is 28.7 Å². The van der Waals surface area contributed by atoms with Crippen molar-refractivity contribution < 1.29 is 17.6 Å². The monoisotopic (exact) mass is 408 g/mol. The molecule has 2 aliphatic heterocycles. The van der Waals surface area contributed by atoms with E-state index in [0.29, 0.717) is 38.1 Å². The molecule has 28 heavy (non-hydrogen) atoms. The summed E-state index contributed by atoms with van der Waals surface area (Å²) < 4.78 is 37.9. The topological polar surface area (TPSA) is 92.6 Å². The fourth-order valence-corrected chi connectivity index (χ4v) is 5.65. The second kappa shape index (κ2) is 7.25. The van der Waals surface area contributed by atoms with Gasteiger partial charge in [0.25, 0.3) is 5.56 Å². The van der Waals surface area contributed by atoms with Crippen molar-refractivity contribution in [3.8, 4) is 0 Å². The van der Waals surface area contributed by atoms with Crippen LogP contribution in [0, 0.1) is 5.82 Å². The Morgan fingerprint density at radius 1 is 1.21 bits per heavy atom. The first-order valence-corrected chi connectivity index (χ1v) is 11.0. The molecule has 2 saturated heterocycles. The van der Waals surface area contributed by atoms with Crippen molar-refractivity contribution in [2.45, 2.75) is 19.0 Å². The van der Waals surface area contributed by atoms with Crippen LogP contribution in [0.15, 0.2) is 29.3 Å². The van der Waals surface area contributed by atoms with Crippen molar-refractivity contribution in [3.05, 3.63) is 40.7 Å². The molecule has 0 bridgehead atoms. The van der Waals surface area contributed by atoms with E-state index in [9.17, 15) is 22.4 Å². The van der Waals surface area contributed by atoms with Gasteiger partial charge >= 0.3 is 0 Å². The summed E-state index contributed by atoms with van der Waals surface area (Å²) in [6, 6.07) is 3.82. The molecule has 0 N–H and O–H groups in total. The van der Waals surface area contributed by atoms with E-state index < -0.39 is 21.2 Å². The van der Waals surface area contributed by atoms with E-state index in [1.54, 1.807) is 4.90 Å². The third-order valence-electron chi connectivity index (χ3n) is 5.48. The number of piperazine rings is 1. The number of carbonyl (C=O) groups is 1. The van der Waals surface area contributed by atoms with Gasteiger partial charge in [-0.3, -0.25) is 19.1 Å². The zero-order valence-corrected chi connectivity index (χ0v) is 16.1. The van der Waals surface area contributed by atoms with Crippen molar-refractivity contribution >= 4 is 26.6 Å². The van der Waals surface area contributed by atoms with Crippen molar-refractivity contribution in [1.82, 2.24) is 19.4 Å². The molecule has 0 aliphatic carbocycles. The largest absolute Gasteiger partial charge is 0.339 e. The predicted octanol–water partition coefficient (Wildman–Crippen LogP) is -0.133. The minimum atomic E-state index is -2.94. The SMILES string of the molecule is O=C(Cn1cnc2ccc(F)cc2c1=O)N1CCN([C@H]2CCS(=O)(=O)C2)CC1. The summed E-state index contributed by atoms with van der Waals surface area (Å²) in [7, 11) is -2.94. The van der Waals surface area contributed by atoms with Gasteiger partial charge in [0, 0.05) is 32.2 Å². The molecular weight excluding hydrogens is 387 g/mol. The quantitative estimate of drug-likeness (QED) is 0.702. The van der Waals surface area contributed by atoms with E-state index in [1.165, 1.54) is 23.0 Å². The number of nitrogens with zero attached hydrogens (tertiary/aromatic N) is 4. The van der Waals surface area contributed by atoms with Crippen LogP contribution in [0.1, 0.15) is 6.42 Å². The highest BCUT2D eigenvalue weighted by molar-refractivity contribution is 7.91. The first kappa shape index (κ1) is 19.0. The van der Waals surface area contributed by atoms with Gasteiger partial charge in [-0.15, -0.1) is 0 Å². The lowest BCUT2D eigenvalue weighted by Crippen LogP contribution is -2.53. The molecule has 0 unspecified atom stereocenters. The van der Waals surface area contributed by atoms with Gasteiger partial charge in [-0.25, -0.2) is 17.8 Å². The lowest BCUT2D eigenvalue weighted by atomic mass is 10.2. The molecule has 3 heterocycles. The number of amides is 1. The Bertz CT molecular complexity index is 1080. The second-order valence-corrected chi connectivity index (χ2v) is 9.54. The lowest BCUT2D eigenvalue weighted by molar-refractivity contribution is -0.133. The number of carbonyl (C=O) groups excluding carboxylic acids is 1. The standard InChI is InChI=1S/C18H21FN4O4S/c19-13-1-2-16-15(9-13)18(25)23(12-20-16)10-17(24)22-6-4-21(5-7-22)14-3-8-28(26,27)11-14/h1-2,9,12,14H,3-8,10-11H2/t14-/m0/s1. The number of halogens is 1. The molecule has 0 radical (unpaired) electrons. The third-order valence-corrected chi connectivity index (χ3v) is 7.23. The molecule has 2 aromatic rings. The maximum Gasteiger partial charge on any atom is 0.261 e. The van der Waals surface area contributed by atoms with Crippen molar-refractivity contribution in [2.75, 3.05) is 37.7 Å². The van der Waals surface area contributed by atoms with Gasteiger partial charge < -0.3 is 4.90 Å². The van der Waals surface area contributed by atoms with E-state index in [-0.39, 0.29) is 35.4 Å². The summed E-state index contributed by atoms with van der Waals surface area (Å²) in [4.78, 5) is 33.0. The van der Waals surface area contributed by atoms with Crippen LogP contribution in [0.3, 0.4) is 0 Å². The number of aromatic nitrogens is 2. The lowest BCUT2D eigenvalue weighted by Gasteiger charge is -2.37. The first-order valence-electron chi connectivity index (χ1n) is 9.19. The van der Waals surface area contributed by atoms with Crippen molar-refractivity contribution in [2.24, 2.45) is 0 Å². The van der Waals surface area contributed by atoms with Crippen molar-refractivity contribution in [1.29, 1.82) is 0 Å². The number of hydrogen-bond acceptors (Lipinski definition) is 6. The van der Waals surface area contributed by atoms with Crippen LogP contribution in [0.4, 0.5) is 4.39 Å². The molecule has 8 nitrogen and oxygen atoms in total. The molecule has 4 rings (SSSR count). The van der Waals surface area contributed by atoms with E-state index in [2.05, 4.69) is 9.88 Å². The van der Waals surface area contributed by atoms with E-state index in [0.717, 1.165) is 6.07 Å². The second-order valence-electron chi connectivity index (χ2n) is 7.31. The molecule has 150 valence electrons. The van der Waals surface area contributed by atoms with E-state index in [4.69, 9.17) is 0 Å². The fourth-order valence-electron chi connectivity index (χ4n) is 3.89. The van der Waals surface area contributed by atoms with Crippen LogP contribution in [-0.2, 0) is 21.2 Å². The summed E-state index contributed by atoms with van der Waals surface area (Å²) >= 11 is 0. The van der Waals surface area contributed by atoms with Crippen LogP contribution in [0.25, 0.3) is 10.9 Å². The number of sulfone groups is 1. The van der Waals surface area contributed by atoms with E-state index in [1.807, 2.05) is 0 Å².